The lowest BCUT2D eigenvalue weighted by Gasteiger charge is -2.11. The van der Waals surface area contributed by atoms with Crippen molar-refractivity contribution in [3.63, 3.8) is 0 Å². The lowest BCUT2D eigenvalue weighted by atomic mass is 10.1. The van der Waals surface area contributed by atoms with Crippen molar-refractivity contribution in [2.45, 2.75) is 19.0 Å². The molecule has 1 N–H and O–H groups in total. The Kier molecular flexibility index (Phi) is 2.87. The number of nitrogens with one attached hydrogen (secondary N) is 1. The van der Waals surface area contributed by atoms with Gasteiger partial charge in [0.1, 0.15) is 0 Å². The number of carbonyl (C=O) groups is 2. The number of fused-ring (bicyclic) bond motifs is 1. The summed E-state index contributed by atoms with van der Waals surface area (Å²) >= 11 is 0. The van der Waals surface area contributed by atoms with E-state index >= 15 is 0 Å². The smallest absolute Gasteiger partial charge is 0.246 e. The Morgan fingerprint density at radius 3 is 2.84 bits per heavy atom. The predicted molar refractivity (Wildman–Crippen MR) is 65.6 cm³/mol. The highest BCUT2D eigenvalue weighted by Gasteiger charge is 2.35. The molecule has 2 amide bonds. The second kappa shape index (κ2) is 4.55. The predicted octanol–water partition coefficient (Wildman–Crippen LogP) is 0.262. The summed E-state index contributed by atoms with van der Waals surface area (Å²) in [6, 6.07) is 5.20. The number of ether oxygens (including phenoxy) is 2. The van der Waals surface area contributed by atoms with E-state index in [0.717, 1.165) is 16.2 Å². The summed E-state index contributed by atoms with van der Waals surface area (Å²) in [5.41, 5.74) is 0.985. The van der Waals surface area contributed by atoms with Crippen molar-refractivity contribution < 1.29 is 19.1 Å². The van der Waals surface area contributed by atoms with Crippen molar-refractivity contribution in [1.82, 2.24) is 10.2 Å². The van der Waals surface area contributed by atoms with Gasteiger partial charge in [0.05, 0.1) is 12.5 Å². The average Bonchev–Trinajstić information content (AvgIpc) is 2.96. The van der Waals surface area contributed by atoms with Gasteiger partial charge in [0.2, 0.25) is 18.6 Å². The third-order valence-electron chi connectivity index (χ3n) is 3.37. The molecule has 1 saturated heterocycles. The normalized spacial score (nSPS) is 21.3. The van der Waals surface area contributed by atoms with E-state index in [1.807, 2.05) is 18.2 Å². The summed E-state index contributed by atoms with van der Waals surface area (Å²) < 4.78 is 10.5. The fourth-order valence-corrected chi connectivity index (χ4v) is 2.21. The highest BCUT2D eigenvalue weighted by atomic mass is 16.7. The third-order valence-corrected chi connectivity index (χ3v) is 3.37. The highest BCUT2D eigenvalue weighted by Crippen LogP contribution is 2.32. The van der Waals surface area contributed by atoms with Crippen molar-refractivity contribution in [1.29, 1.82) is 0 Å². The van der Waals surface area contributed by atoms with Crippen LogP contribution in [0.15, 0.2) is 18.2 Å². The van der Waals surface area contributed by atoms with Crippen LogP contribution in [0.1, 0.15) is 12.0 Å². The molecule has 2 aliphatic rings. The van der Waals surface area contributed by atoms with E-state index < -0.39 is 6.04 Å². The number of imide groups is 1. The van der Waals surface area contributed by atoms with Gasteiger partial charge in [0.25, 0.3) is 0 Å². The van der Waals surface area contributed by atoms with Crippen LogP contribution in [-0.2, 0) is 16.1 Å². The molecular weight excluding hydrogens is 248 g/mol. The van der Waals surface area contributed by atoms with Crippen molar-refractivity contribution in [2.75, 3.05) is 13.8 Å². The zero-order chi connectivity index (χ0) is 13.4. The summed E-state index contributed by atoms with van der Waals surface area (Å²) in [5.74, 6) is 1.12. The van der Waals surface area contributed by atoms with Crippen LogP contribution in [0.4, 0.5) is 0 Å². The molecule has 0 unspecified atom stereocenters. The minimum absolute atomic E-state index is 0.145. The topological polar surface area (TPSA) is 67.9 Å². The first-order chi connectivity index (χ1) is 9.15. The average molecular weight is 262 g/mol. The zero-order valence-corrected chi connectivity index (χ0v) is 10.5. The maximum atomic E-state index is 11.7. The molecule has 0 aromatic heterocycles. The molecule has 19 heavy (non-hydrogen) atoms. The van der Waals surface area contributed by atoms with Gasteiger partial charge < -0.3 is 14.8 Å². The van der Waals surface area contributed by atoms with Gasteiger partial charge >= 0.3 is 0 Å². The lowest BCUT2D eigenvalue weighted by Crippen LogP contribution is -2.36. The van der Waals surface area contributed by atoms with Crippen LogP contribution in [0, 0.1) is 0 Å². The first-order valence-corrected chi connectivity index (χ1v) is 6.07. The molecule has 0 saturated carbocycles. The summed E-state index contributed by atoms with van der Waals surface area (Å²) in [4.78, 5) is 24.3. The van der Waals surface area contributed by atoms with Crippen LogP contribution >= 0.6 is 0 Å². The first kappa shape index (κ1) is 12.0. The molecule has 1 aromatic rings. The fraction of sp³-hybridized carbons (Fsp3) is 0.385. The number of nitrogens with zero attached hydrogens (tertiary/aromatic N) is 1. The number of carbonyl (C=O) groups excluding carboxylic acids is 2. The van der Waals surface area contributed by atoms with Crippen molar-refractivity contribution in [3.8, 4) is 11.5 Å². The minimum atomic E-state index is -0.428. The van der Waals surface area contributed by atoms with E-state index in [0.29, 0.717) is 12.3 Å². The Morgan fingerprint density at radius 2 is 2.11 bits per heavy atom. The molecule has 100 valence electrons. The molecule has 6 heteroatoms. The molecule has 1 atom stereocenters. The minimum Gasteiger partial charge on any atom is -0.454 e. The summed E-state index contributed by atoms with van der Waals surface area (Å²) in [6.07, 6.45) is 0.222. The molecule has 0 spiro atoms. The van der Waals surface area contributed by atoms with Crippen LogP contribution in [0.5, 0.6) is 11.5 Å². The van der Waals surface area contributed by atoms with Crippen LogP contribution in [0.25, 0.3) is 0 Å². The molecule has 0 aliphatic carbocycles. The Hall–Kier alpha value is -2.08. The maximum Gasteiger partial charge on any atom is 0.246 e. The Labute approximate surface area is 110 Å². The number of benzene rings is 1. The highest BCUT2D eigenvalue weighted by molar-refractivity contribution is 6.05. The van der Waals surface area contributed by atoms with Gasteiger partial charge in [-0.15, -0.1) is 0 Å². The van der Waals surface area contributed by atoms with E-state index in [4.69, 9.17) is 9.47 Å². The van der Waals surface area contributed by atoms with Crippen molar-refractivity contribution in [3.05, 3.63) is 23.8 Å². The largest absolute Gasteiger partial charge is 0.454 e. The van der Waals surface area contributed by atoms with Crippen LogP contribution in [-0.4, -0.2) is 36.6 Å². The molecule has 1 fully saturated rings. The molecule has 6 nitrogen and oxygen atoms in total. The SMILES string of the molecule is CN1C(=O)C[C@H](NCc2ccc3c(c2)OCO3)C1=O. The standard InChI is InChI=1S/C13H14N2O4/c1-15-12(16)5-9(13(15)17)14-6-8-2-3-10-11(4-8)19-7-18-10/h2-4,9,14H,5-7H2,1H3/t9-/m0/s1. The van der Waals surface area contributed by atoms with E-state index in [-0.39, 0.29) is 25.0 Å². The van der Waals surface area contributed by atoms with Crippen LogP contribution in [0.2, 0.25) is 0 Å². The van der Waals surface area contributed by atoms with Crippen LogP contribution < -0.4 is 14.8 Å². The van der Waals surface area contributed by atoms with Gasteiger partial charge in [-0.1, -0.05) is 6.07 Å². The molecule has 0 bridgehead atoms. The summed E-state index contributed by atoms with van der Waals surface area (Å²) in [6.45, 7) is 0.751. The number of likely N-dealkylation sites (tertiary alicyclic amines) is 1. The quantitative estimate of drug-likeness (QED) is 0.791. The van der Waals surface area contributed by atoms with E-state index in [9.17, 15) is 9.59 Å². The fourth-order valence-electron chi connectivity index (χ4n) is 2.21. The molecule has 2 aliphatic heterocycles. The third kappa shape index (κ3) is 2.15. The van der Waals surface area contributed by atoms with E-state index in [1.165, 1.54) is 7.05 Å². The monoisotopic (exact) mass is 262 g/mol. The van der Waals surface area contributed by atoms with Gasteiger partial charge in [-0.25, -0.2) is 0 Å². The Morgan fingerprint density at radius 1 is 1.32 bits per heavy atom. The maximum absolute atomic E-state index is 11.7. The van der Waals surface area contributed by atoms with E-state index in [1.54, 1.807) is 0 Å². The van der Waals surface area contributed by atoms with E-state index in [2.05, 4.69) is 5.32 Å². The summed E-state index contributed by atoms with van der Waals surface area (Å²) in [7, 11) is 1.51. The molecule has 1 aromatic carbocycles. The van der Waals surface area contributed by atoms with Crippen LogP contribution in [0.3, 0.4) is 0 Å². The number of likely N-dealkylation sites (N-methyl/N-ethyl adjacent to an activating group) is 1. The lowest BCUT2D eigenvalue weighted by molar-refractivity contribution is -0.137. The number of hydrogen-bond acceptors (Lipinski definition) is 5. The Bertz CT molecular complexity index is 543. The number of amides is 2. The zero-order valence-electron chi connectivity index (χ0n) is 10.5. The van der Waals surface area contributed by atoms with Gasteiger partial charge in [-0.3, -0.25) is 14.5 Å². The van der Waals surface area contributed by atoms with Gasteiger partial charge in [0.15, 0.2) is 11.5 Å². The summed E-state index contributed by atoms with van der Waals surface area (Å²) in [5, 5.41) is 3.09. The van der Waals surface area contributed by atoms with Gasteiger partial charge in [-0.05, 0) is 17.7 Å². The first-order valence-electron chi connectivity index (χ1n) is 6.07. The van der Waals surface area contributed by atoms with Crippen molar-refractivity contribution in [2.24, 2.45) is 0 Å². The number of hydrogen-bond donors (Lipinski definition) is 1. The van der Waals surface area contributed by atoms with Gasteiger partial charge in [0, 0.05) is 13.6 Å². The second-order valence-corrected chi connectivity index (χ2v) is 4.62. The Balaban J connectivity index is 1.64. The molecular formula is C13H14N2O4. The molecule has 0 radical (unpaired) electrons. The second-order valence-electron chi connectivity index (χ2n) is 4.62. The number of rotatable bonds is 3. The van der Waals surface area contributed by atoms with Crippen molar-refractivity contribution >= 4 is 11.8 Å². The van der Waals surface area contributed by atoms with Gasteiger partial charge in [-0.2, -0.15) is 0 Å². The molecule has 2 heterocycles. The molecule has 3 rings (SSSR count).